The average molecular weight is 268 g/mol. The second-order valence-corrected chi connectivity index (χ2v) is 5.26. The van der Waals surface area contributed by atoms with Crippen LogP contribution in [0.25, 0.3) is 0 Å². The highest BCUT2D eigenvalue weighted by Crippen LogP contribution is 2.28. The standard InChI is InChI=1S/C14H21FN2O2/c1-14(2,16)8-7-13(18)17(3)11-9-10(15)5-6-12(11)19-4/h5-6,9H,7-8,16H2,1-4H3. The van der Waals surface area contributed by atoms with Gasteiger partial charge < -0.3 is 15.4 Å². The Bertz CT molecular complexity index is 455. The van der Waals surface area contributed by atoms with E-state index < -0.39 is 11.4 Å². The quantitative estimate of drug-likeness (QED) is 0.891. The summed E-state index contributed by atoms with van der Waals surface area (Å²) in [5.74, 6) is -0.0683. The van der Waals surface area contributed by atoms with Gasteiger partial charge in [0.15, 0.2) is 0 Å². The molecule has 0 aliphatic heterocycles. The third-order valence-electron chi connectivity index (χ3n) is 2.86. The van der Waals surface area contributed by atoms with E-state index in [4.69, 9.17) is 10.5 Å². The molecule has 19 heavy (non-hydrogen) atoms. The Morgan fingerprint density at radius 3 is 2.63 bits per heavy atom. The minimum Gasteiger partial charge on any atom is -0.495 e. The molecule has 0 saturated heterocycles. The van der Waals surface area contributed by atoms with Crippen molar-refractivity contribution in [1.82, 2.24) is 0 Å². The van der Waals surface area contributed by atoms with Gasteiger partial charge in [-0.15, -0.1) is 0 Å². The van der Waals surface area contributed by atoms with Crippen molar-refractivity contribution in [3.05, 3.63) is 24.0 Å². The van der Waals surface area contributed by atoms with Gasteiger partial charge in [-0.1, -0.05) is 0 Å². The van der Waals surface area contributed by atoms with Crippen molar-refractivity contribution in [2.24, 2.45) is 5.73 Å². The first kappa shape index (κ1) is 15.4. The number of nitrogens with zero attached hydrogens (tertiary/aromatic N) is 1. The van der Waals surface area contributed by atoms with Crippen LogP contribution in [0.3, 0.4) is 0 Å². The third kappa shape index (κ3) is 4.52. The molecular weight excluding hydrogens is 247 g/mol. The molecule has 1 aromatic carbocycles. The van der Waals surface area contributed by atoms with Gasteiger partial charge in [0.2, 0.25) is 5.91 Å². The Labute approximate surface area is 113 Å². The molecule has 1 aromatic rings. The first-order valence-corrected chi connectivity index (χ1v) is 6.13. The molecule has 0 spiro atoms. The van der Waals surface area contributed by atoms with E-state index >= 15 is 0 Å². The number of amides is 1. The van der Waals surface area contributed by atoms with E-state index in [1.54, 1.807) is 7.05 Å². The van der Waals surface area contributed by atoms with E-state index in [1.165, 1.54) is 30.2 Å². The maximum atomic E-state index is 13.3. The molecule has 0 bridgehead atoms. The number of methoxy groups -OCH3 is 1. The molecular formula is C14H21FN2O2. The fraction of sp³-hybridized carbons (Fsp3) is 0.500. The molecule has 5 heteroatoms. The second-order valence-electron chi connectivity index (χ2n) is 5.26. The highest BCUT2D eigenvalue weighted by Gasteiger charge is 2.19. The van der Waals surface area contributed by atoms with Crippen molar-refractivity contribution in [3.8, 4) is 5.75 Å². The molecule has 0 atom stereocenters. The fourth-order valence-corrected chi connectivity index (χ4v) is 1.66. The minimum absolute atomic E-state index is 0.123. The third-order valence-corrected chi connectivity index (χ3v) is 2.86. The lowest BCUT2D eigenvalue weighted by molar-refractivity contribution is -0.118. The van der Waals surface area contributed by atoms with Crippen LogP contribution < -0.4 is 15.4 Å². The van der Waals surface area contributed by atoms with Crippen molar-refractivity contribution in [2.45, 2.75) is 32.2 Å². The molecule has 0 saturated carbocycles. The highest BCUT2D eigenvalue weighted by molar-refractivity contribution is 5.94. The zero-order valence-corrected chi connectivity index (χ0v) is 11.9. The first-order chi connectivity index (χ1) is 8.74. The highest BCUT2D eigenvalue weighted by atomic mass is 19.1. The van der Waals surface area contributed by atoms with Crippen LogP contribution in [0.15, 0.2) is 18.2 Å². The Morgan fingerprint density at radius 2 is 2.11 bits per heavy atom. The Morgan fingerprint density at radius 1 is 1.47 bits per heavy atom. The van der Waals surface area contributed by atoms with Gasteiger partial charge in [-0.2, -0.15) is 0 Å². The molecule has 2 N–H and O–H groups in total. The van der Waals surface area contributed by atoms with Crippen molar-refractivity contribution < 1.29 is 13.9 Å². The van der Waals surface area contributed by atoms with Gasteiger partial charge in [0, 0.05) is 25.1 Å². The van der Waals surface area contributed by atoms with Crippen LogP contribution in [-0.4, -0.2) is 25.6 Å². The number of ether oxygens (including phenoxy) is 1. The molecule has 106 valence electrons. The molecule has 0 aliphatic carbocycles. The number of anilines is 1. The van der Waals surface area contributed by atoms with Gasteiger partial charge in [0.25, 0.3) is 0 Å². The molecule has 0 heterocycles. The van der Waals surface area contributed by atoms with Crippen LogP contribution in [0.1, 0.15) is 26.7 Å². The first-order valence-electron chi connectivity index (χ1n) is 6.13. The lowest BCUT2D eigenvalue weighted by Gasteiger charge is -2.23. The molecule has 0 radical (unpaired) electrons. The molecule has 0 fully saturated rings. The van der Waals surface area contributed by atoms with Gasteiger partial charge >= 0.3 is 0 Å². The van der Waals surface area contributed by atoms with Crippen LogP contribution in [0.5, 0.6) is 5.75 Å². The van der Waals surface area contributed by atoms with Crippen molar-refractivity contribution >= 4 is 11.6 Å². The molecule has 0 unspecified atom stereocenters. The molecule has 1 rings (SSSR count). The van der Waals surface area contributed by atoms with E-state index in [9.17, 15) is 9.18 Å². The predicted molar refractivity (Wildman–Crippen MR) is 73.9 cm³/mol. The summed E-state index contributed by atoms with van der Waals surface area (Å²) >= 11 is 0. The van der Waals surface area contributed by atoms with Gasteiger partial charge in [-0.25, -0.2) is 4.39 Å². The smallest absolute Gasteiger partial charge is 0.226 e. The predicted octanol–water partition coefficient (Wildman–Crippen LogP) is 2.31. The fourth-order valence-electron chi connectivity index (χ4n) is 1.66. The number of benzene rings is 1. The maximum absolute atomic E-state index is 13.3. The topological polar surface area (TPSA) is 55.6 Å². The molecule has 0 aliphatic rings. The minimum atomic E-state index is -0.408. The van der Waals surface area contributed by atoms with Crippen LogP contribution in [0, 0.1) is 5.82 Å². The monoisotopic (exact) mass is 268 g/mol. The number of carbonyl (C=O) groups is 1. The number of carbonyl (C=O) groups excluding carboxylic acids is 1. The summed E-state index contributed by atoms with van der Waals surface area (Å²) in [4.78, 5) is 13.5. The van der Waals surface area contributed by atoms with Crippen molar-refractivity contribution in [2.75, 3.05) is 19.1 Å². The van der Waals surface area contributed by atoms with Gasteiger partial charge in [0.1, 0.15) is 11.6 Å². The van der Waals surface area contributed by atoms with E-state index in [1.807, 2.05) is 13.8 Å². The Balaban J connectivity index is 2.84. The van der Waals surface area contributed by atoms with E-state index in [2.05, 4.69) is 0 Å². The van der Waals surface area contributed by atoms with E-state index in [0.717, 1.165) is 0 Å². The number of nitrogens with two attached hydrogens (primary N) is 1. The SMILES string of the molecule is COc1ccc(F)cc1N(C)C(=O)CCC(C)(C)N. The molecule has 1 amide bonds. The summed E-state index contributed by atoms with van der Waals surface area (Å²) in [5.41, 5.74) is 5.87. The number of hydrogen-bond donors (Lipinski definition) is 1. The average Bonchev–Trinajstić information content (AvgIpc) is 2.34. The number of halogens is 1. The largest absolute Gasteiger partial charge is 0.495 e. The van der Waals surface area contributed by atoms with E-state index in [-0.39, 0.29) is 5.91 Å². The lowest BCUT2D eigenvalue weighted by Crippen LogP contribution is -2.35. The van der Waals surface area contributed by atoms with Gasteiger partial charge in [-0.3, -0.25) is 4.79 Å². The second kappa shape index (κ2) is 6.02. The van der Waals surface area contributed by atoms with Crippen molar-refractivity contribution in [3.63, 3.8) is 0 Å². The van der Waals surface area contributed by atoms with E-state index in [0.29, 0.717) is 24.3 Å². The summed E-state index contributed by atoms with van der Waals surface area (Å²) in [6, 6.07) is 4.08. The lowest BCUT2D eigenvalue weighted by atomic mass is 10.00. The van der Waals surface area contributed by atoms with Gasteiger partial charge in [0.05, 0.1) is 12.8 Å². The molecule has 4 nitrogen and oxygen atoms in total. The van der Waals surface area contributed by atoms with Crippen LogP contribution in [0.4, 0.5) is 10.1 Å². The zero-order valence-electron chi connectivity index (χ0n) is 11.9. The number of rotatable bonds is 5. The van der Waals surface area contributed by atoms with Gasteiger partial charge in [-0.05, 0) is 32.4 Å². The Kier molecular flexibility index (Phi) is 4.89. The normalized spacial score (nSPS) is 11.3. The zero-order chi connectivity index (χ0) is 14.6. The summed E-state index contributed by atoms with van der Waals surface area (Å²) in [7, 11) is 3.08. The molecule has 0 aromatic heterocycles. The Hall–Kier alpha value is -1.62. The summed E-state index contributed by atoms with van der Waals surface area (Å²) in [6.45, 7) is 3.73. The van der Waals surface area contributed by atoms with Crippen LogP contribution >= 0.6 is 0 Å². The summed E-state index contributed by atoms with van der Waals surface area (Å²) < 4.78 is 18.4. The summed E-state index contributed by atoms with van der Waals surface area (Å²) in [5, 5.41) is 0. The van der Waals surface area contributed by atoms with Crippen molar-refractivity contribution in [1.29, 1.82) is 0 Å². The maximum Gasteiger partial charge on any atom is 0.226 e. The van der Waals surface area contributed by atoms with Crippen LogP contribution in [-0.2, 0) is 4.79 Å². The number of hydrogen-bond acceptors (Lipinski definition) is 3. The van der Waals surface area contributed by atoms with Crippen LogP contribution in [0.2, 0.25) is 0 Å². The summed E-state index contributed by atoms with van der Waals surface area (Å²) in [6.07, 6.45) is 0.869.